The summed E-state index contributed by atoms with van der Waals surface area (Å²) in [5.74, 6) is 0.856. The number of carbonyl (C=O) groups is 2. The van der Waals surface area contributed by atoms with Gasteiger partial charge in [0.15, 0.2) is 12.6 Å². The third kappa shape index (κ3) is 8.17. The van der Waals surface area contributed by atoms with E-state index < -0.39 is 7.15 Å². The predicted molar refractivity (Wildman–Crippen MR) is 111 cm³/mol. The van der Waals surface area contributed by atoms with Crippen LogP contribution < -0.4 is 4.74 Å². The first-order valence-electron chi connectivity index (χ1n) is 7.56. The highest BCUT2D eigenvalue weighted by molar-refractivity contribution is 9.11. The summed E-state index contributed by atoms with van der Waals surface area (Å²) in [6, 6.07) is 6.97. The van der Waals surface area contributed by atoms with Gasteiger partial charge in [-0.05, 0) is 56.8 Å². The van der Waals surface area contributed by atoms with E-state index in [0.717, 1.165) is 27.6 Å². The highest BCUT2D eigenvalue weighted by atomic mass is 79.9. The van der Waals surface area contributed by atoms with Crippen molar-refractivity contribution in [2.75, 3.05) is 14.3 Å². The topological polar surface area (TPSA) is 127 Å². The van der Waals surface area contributed by atoms with Gasteiger partial charge in [0.1, 0.15) is 11.5 Å². The lowest BCUT2D eigenvalue weighted by molar-refractivity contribution is 0.111. The summed E-state index contributed by atoms with van der Waals surface area (Å²) in [4.78, 5) is 20.9. The standard InChI is InChI=1S/C9H9BrO2.C8H7BrO2.CH3F.2H2O/c1-6-3-4-7(5-11)8(10)9(6)12-2;1-5-2-3-6(4-10)7(9)8(5)11;1-2;;/h3-5H,1-2H3;2-4,11H,1H3;1H3;2*1H2/i;;1D;;. The van der Waals surface area contributed by atoms with E-state index in [-0.39, 0.29) is 16.7 Å². The van der Waals surface area contributed by atoms with Crippen LogP contribution in [0.1, 0.15) is 33.2 Å². The molecule has 0 aromatic heterocycles. The number of phenols is 1. The van der Waals surface area contributed by atoms with E-state index in [1.807, 2.05) is 13.0 Å². The molecule has 9 heteroatoms. The highest BCUT2D eigenvalue weighted by Crippen LogP contribution is 2.31. The van der Waals surface area contributed by atoms with Gasteiger partial charge in [0, 0.05) is 11.1 Å². The van der Waals surface area contributed by atoms with E-state index in [0.29, 0.717) is 21.9 Å². The van der Waals surface area contributed by atoms with E-state index in [4.69, 9.17) is 6.11 Å². The second-order valence-electron chi connectivity index (χ2n) is 4.69. The minimum Gasteiger partial charge on any atom is -0.506 e. The maximum Gasteiger partial charge on any atom is 0.151 e. The maximum atomic E-state index is 10.5. The van der Waals surface area contributed by atoms with Gasteiger partial charge < -0.3 is 20.8 Å². The number of aldehydes is 2. The highest BCUT2D eigenvalue weighted by Gasteiger charge is 2.07. The van der Waals surface area contributed by atoms with Gasteiger partial charge >= 0.3 is 0 Å². The maximum absolute atomic E-state index is 10.5. The first-order valence-corrected chi connectivity index (χ1v) is 8.44. The second-order valence-corrected chi connectivity index (χ2v) is 6.27. The minimum absolute atomic E-state index is 0. The van der Waals surface area contributed by atoms with Crippen molar-refractivity contribution in [1.82, 2.24) is 0 Å². The molecule has 0 fully saturated rings. The number of halogens is 3. The fourth-order valence-corrected chi connectivity index (χ4v) is 3.02. The lowest BCUT2D eigenvalue weighted by atomic mass is 10.1. The smallest absolute Gasteiger partial charge is 0.151 e. The second kappa shape index (κ2) is 15.3. The van der Waals surface area contributed by atoms with Crippen molar-refractivity contribution in [3.8, 4) is 11.5 Å². The van der Waals surface area contributed by atoms with Crippen molar-refractivity contribution >= 4 is 44.4 Å². The fraction of sp³-hybridized carbons (Fsp3) is 0.222. The molecule has 0 aliphatic carbocycles. The van der Waals surface area contributed by atoms with Crippen LogP contribution in [0.5, 0.6) is 11.5 Å². The Kier molecular flexibility index (Phi) is 15.5. The van der Waals surface area contributed by atoms with Crippen molar-refractivity contribution in [2.24, 2.45) is 0 Å². The number of hydrogen-bond acceptors (Lipinski definition) is 4. The number of aromatic hydroxyl groups is 1. The molecule has 27 heavy (non-hydrogen) atoms. The molecule has 5 N–H and O–H groups in total. The van der Waals surface area contributed by atoms with E-state index in [9.17, 15) is 19.1 Å². The number of methoxy groups -OCH3 is 1. The van der Waals surface area contributed by atoms with Crippen molar-refractivity contribution < 1.29 is 36.1 Å². The van der Waals surface area contributed by atoms with Crippen LogP contribution in [-0.4, -0.2) is 42.9 Å². The van der Waals surface area contributed by atoms with Gasteiger partial charge in [-0.1, -0.05) is 24.3 Å². The molecule has 0 unspecified atom stereocenters. The summed E-state index contributed by atoms with van der Waals surface area (Å²) in [6.45, 7) is 3.70. The molecule has 0 amide bonds. The van der Waals surface area contributed by atoms with E-state index >= 15 is 0 Å². The minimum atomic E-state index is -1.00. The van der Waals surface area contributed by atoms with Crippen LogP contribution in [0, 0.1) is 13.8 Å². The Balaban J connectivity index is -0.000000369. The van der Waals surface area contributed by atoms with Crippen LogP contribution in [0.25, 0.3) is 0 Å². The lowest BCUT2D eigenvalue weighted by Gasteiger charge is -2.07. The molecule has 6 nitrogen and oxygen atoms in total. The molecule has 0 saturated carbocycles. The van der Waals surface area contributed by atoms with Gasteiger partial charge in [-0.15, -0.1) is 0 Å². The molecule has 0 atom stereocenters. The molecule has 152 valence electrons. The van der Waals surface area contributed by atoms with Gasteiger partial charge in [0.25, 0.3) is 0 Å². The normalized spacial score (nSPS) is 8.89. The quantitative estimate of drug-likeness (QED) is 0.625. The third-order valence-corrected chi connectivity index (χ3v) is 4.78. The lowest BCUT2D eigenvalue weighted by Crippen LogP contribution is -1.92. The molecule has 0 radical (unpaired) electrons. The summed E-state index contributed by atoms with van der Waals surface area (Å²) in [7, 11) is 0.585. The largest absolute Gasteiger partial charge is 0.506 e. The number of rotatable bonds is 3. The van der Waals surface area contributed by atoms with E-state index in [1.165, 1.54) is 0 Å². The Morgan fingerprint density at radius 1 is 1.00 bits per heavy atom. The van der Waals surface area contributed by atoms with E-state index in [1.54, 1.807) is 32.2 Å². The van der Waals surface area contributed by atoms with Crippen LogP contribution >= 0.6 is 31.9 Å². The Morgan fingerprint density at radius 3 is 1.81 bits per heavy atom. The number of carbonyl (C=O) groups excluding carboxylic acids is 2. The Bertz CT molecular complexity index is 759. The number of phenolic OH excluding ortho intramolecular Hbond substituents is 1. The fourth-order valence-electron chi connectivity index (χ4n) is 1.78. The molecular weight excluding hydrogens is 491 g/mol. The summed E-state index contributed by atoms with van der Waals surface area (Å²) in [6.07, 6.45) is 1.50. The molecule has 0 spiro atoms. The van der Waals surface area contributed by atoms with Crippen LogP contribution in [0.4, 0.5) is 4.39 Å². The summed E-state index contributed by atoms with van der Waals surface area (Å²) in [5, 5.41) is 9.31. The zero-order valence-corrected chi connectivity index (χ0v) is 18.1. The molecule has 0 heterocycles. The number of hydrogen-bond donors (Lipinski definition) is 1. The van der Waals surface area contributed by atoms with Crippen molar-refractivity contribution in [1.29, 1.82) is 0 Å². The SMILES string of the molecule is COc1c(C)ccc(C=O)c1Br.Cc1ccc(C=O)c(Br)c1O.O.O.[2H]CF. The van der Waals surface area contributed by atoms with Gasteiger partial charge in [0.05, 0.1) is 24.6 Å². The Morgan fingerprint density at radius 2 is 1.41 bits per heavy atom. The van der Waals surface area contributed by atoms with Crippen molar-refractivity contribution in [2.45, 2.75) is 13.8 Å². The molecule has 2 rings (SSSR count). The average molecular weight is 515 g/mol. The number of benzene rings is 2. The van der Waals surface area contributed by atoms with Crippen LogP contribution in [0.3, 0.4) is 0 Å². The van der Waals surface area contributed by atoms with Crippen LogP contribution in [0.15, 0.2) is 33.2 Å². The first-order chi connectivity index (χ1) is 12.3. The summed E-state index contributed by atoms with van der Waals surface area (Å²) < 4.78 is 21.8. The Hall–Kier alpha value is -1.81. The number of ether oxygens (including phenoxy) is 1. The summed E-state index contributed by atoms with van der Waals surface area (Å²) in [5.41, 5.74) is 2.84. The molecule has 0 aliphatic heterocycles. The summed E-state index contributed by atoms with van der Waals surface area (Å²) >= 11 is 6.41. The zero-order chi connectivity index (χ0) is 20.3. The van der Waals surface area contributed by atoms with Gasteiger partial charge in [-0.2, -0.15) is 0 Å². The predicted octanol–water partition coefficient (Wildman–Crippen LogP) is 3.79. The van der Waals surface area contributed by atoms with Crippen LogP contribution in [0.2, 0.25) is 0 Å². The molecule has 0 bridgehead atoms. The first kappa shape index (κ1) is 27.4. The van der Waals surface area contributed by atoms with Crippen molar-refractivity contribution in [3.05, 3.63) is 55.5 Å². The van der Waals surface area contributed by atoms with Crippen molar-refractivity contribution in [3.63, 3.8) is 0 Å². The van der Waals surface area contributed by atoms with Gasteiger partial charge in [-0.3, -0.25) is 14.0 Å². The van der Waals surface area contributed by atoms with Gasteiger partial charge in [0.2, 0.25) is 0 Å². The number of alkyl halides is 1. The molecular formula is C18H23Br2FO6. The molecule has 2 aromatic carbocycles. The monoisotopic (exact) mass is 513 g/mol. The van der Waals surface area contributed by atoms with Crippen LogP contribution in [-0.2, 0) is 0 Å². The molecule has 0 saturated heterocycles. The third-order valence-electron chi connectivity index (χ3n) is 3.13. The molecule has 2 aromatic rings. The zero-order valence-electron chi connectivity index (χ0n) is 16.0. The Labute approximate surface area is 175 Å². The number of aryl methyl sites for hydroxylation is 2. The average Bonchev–Trinajstić information content (AvgIpc) is 2.62. The van der Waals surface area contributed by atoms with E-state index in [2.05, 4.69) is 31.9 Å². The van der Waals surface area contributed by atoms with Gasteiger partial charge in [-0.25, -0.2) is 0 Å². The molecule has 0 aliphatic rings.